The Bertz CT molecular complexity index is 978. The fourth-order valence-electron chi connectivity index (χ4n) is 4.89. The molecule has 2 saturated heterocycles. The van der Waals surface area contributed by atoms with Crippen LogP contribution in [0.25, 0.3) is 6.08 Å². The highest BCUT2D eigenvalue weighted by Gasteiger charge is 2.30. The molecule has 2 amide bonds. The van der Waals surface area contributed by atoms with Crippen molar-refractivity contribution in [1.29, 1.82) is 0 Å². The van der Waals surface area contributed by atoms with E-state index >= 15 is 0 Å². The van der Waals surface area contributed by atoms with Gasteiger partial charge in [-0.25, -0.2) is 0 Å². The van der Waals surface area contributed by atoms with Crippen LogP contribution in [-0.4, -0.2) is 41.9 Å². The molecule has 8 heteroatoms. The lowest BCUT2D eigenvalue weighted by Gasteiger charge is -2.36. The Balaban J connectivity index is 1.61. The van der Waals surface area contributed by atoms with Gasteiger partial charge in [0.15, 0.2) is 0 Å². The second-order valence-electron chi connectivity index (χ2n) is 10.3. The summed E-state index contributed by atoms with van der Waals surface area (Å²) in [5.41, 5.74) is 1.29. The maximum atomic E-state index is 12.5. The molecule has 0 bridgehead atoms. The number of hydrogen-bond acceptors (Lipinski definition) is 7. The number of hydrogen-bond donors (Lipinski definition) is 1. The molecule has 0 aromatic heterocycles. The van der Waals surface area contributed by atoms with E-state index in [1.54, 1.807) is 6.08 Å². The molecule has 1 aliphatic carbocycles. The standard InChI is InChI=1S/C26H34N2O5S/c1-26(2,3)33-22(29)14-17-8-7-13-28(16-17)23-18(15-21-24(30)27-25(31)34-21)9-6-12-20(23)32-19-10-4-5-11-19/h6,9,12,15,17,19H,4-5,7-8,10-11,13-14,16H2,1-3H3,(H,27,30,31)/b21-15-/t17-/m0/s1. The van der Waals surface area contributed by atoms with Gasteiger partial charge >= 0.3 is 5.97 Å². The van der Waals surface area contributed by atoms with Gasteiger partial charge in [0.05, 0.1) is 23.1 Å². The number of ether oxygens (including phenoxy) is 2. The molecule has 2 heterocycles. The van der Waals surface area contributed by atoms with Gasteiger partial charge in [0, 0.05) is 18.7 Å². The molecule has 7 nitrogen and oxygen atoms in total. The van der Waals surface area contributed by atoms with Crippen molar-refractivity contribution in [1.82, 2.24) is 5.32 Å². The number of carbonyl (C=O) groups excluding carboxylic acids is 3. The van der Waals surface area contributed by atoms with E-state index in [-0.39, 0.29) is 29.1 Å². The first-order valence-electron chi connectivity index (χ1n) is 12.2. The van der Waals surface area contributed by atoms with Crippen LogP contribution < -0.4 is 15.0 Å². The third-order valence-corrected chi connectivity index (χ3v) is 7.08. The molecule has 34 heavy (non-hydrogen) atoms. The molecule has 0 radical (unpaired) electrons. The van der Waals surface area contributed by atoms with Crippen molar-refractivity contribution >= 4 is 40.6 Å². The van der Waals surface area contributed by atoms with Crippen LogP contribution in [-0.2, 0) is 14.3 Å². The van der Waals surface area contributed by atoms with E-state index < -0.39 is 5.60 Å². The molecule has 1 aromatic carbocycles. The van der Waals surface area contributed by atoms with Crippen LogP contribution in [0.4, 0.5) is 10.5 Å². The minimum absolute atomic E-state index is 0.172. The Morgan fingerprint density at radius 2 is 1.94 bits per heavy atom. The van der Waals surface area contributed by atoms with Gasteiger partial charge in [-0.2, -0.15) is 0 Å². The molecule has 1 saturated carbocycles. The summed E-state index contributed by atoms with van der Waals surface area (Å²) in [5.74, 6) is 0.433. The highest BCUT2D eigenvalue weighted by Crippen LogP contribution is 2.40. The lowest BCUT2D eigenvalue weighted by atomic mass is 9.93. The zero-order chi connectivity index (χ0) is 24.3. The molecule has 1 N–H and O–H groups in total. The van der Waals surface area contributed by atoms with Gasteiger partial charge in [0.25, 0.3) is 11.1 Å². The number of benzene rings is 1. The third kappa shape index (κ3) is 6.34. The summed E-state index contributed by atoms with van der Waals surface area (Å²) in [6, 6.07) is 5.87. The molecule has 1 aromatic rings. The Morgan fingerprint density at radius 3 is 2.62 bits per heavy atom. The first-order chi connectivity index (χ1) is 16.2. The van der Waals surface area contributed by atoms with E-state index in [4.69, 9.17) is 9.47 Å². The first-order valence-corrected chi connectivity index (χ1v) is 13.0. The van der Waals surface area contributed by atoms with Gasteiger partial charge in [0.1, 0.15) is 11.4 Å². The first kappa shape index (κ1) is 24.6. The minimum Gasteiger partial charge on any atom is -0.488 e. The zero-order valence-electron chi connectivity index (χ0n) is 20.2. The molecule has 0 spiro atoms. The number of esters is 1. The second-order valence-corrected chi connectivity index (χ2v) is 11.3. The maximum absolute atomic E-state index is 12.5. The van der Waals surface area contributed by atoms with E-state index in [9.17, 15) is 14.4 Å². The van der Waals surface area contributed by atoms with Crippen molar-refractivity contribution in [3.8, 4) is 5.75 Å². The molecule has 0 unspecified atom stereocenters. The molecular weight excluding hydrogens is 452 g/mol. The normalized spacial score (nSPS) is 22.9. The van der Waals surface area contributed by atoms with Crippen molar-refractivity contribution in [2.24, 2.45) is 5.92 Å². The second kappa shape index (κ2) is 10.4. The van der Waals surface area contributed by atoms with Gasteiger partial charge in [-0.1, -0.05) is 12.1 Å². The average Bonchev–Trinajstić information content (AvgIpc) is 3.36. The number of anilines is 1. The van der Waals surface area contributed by atoms with Gasteiger partial charge in [0.2, 0.25) is 0 Å². The number of amides is 2. The van der Waals surface area contributed by atoms with Crippen LogP contribution in [0.1, 0.15) is 71.3 Å². The van der Waals surface area contributed by atoms with Crippen molar-refractivity contribution < 1.29 is 23.9 Å². The smallest absolute Gasteiger partial charge is 0.306 e. The molecule has 3 fully saturated rings. The van der Waals surface area contributed by atoms with Crippen molar-refractivity contribution in [2.45, 2.75) is 77.4 Å². The fourth-order valence-corrected chi connectivity index (χ4v) is 5.56. The number of nitrogens with one attached hydrogen (secondary N) is 1. The minimum atomic E-state index is -0.497. The highest BCUT2D eigenvalue weighted by atomic mass is 32.2. The van der Waals surface area contributed by atoms with E-state index in [1.807, 2.05) is 39.0 Å². The molecule has 3 aliphatic rings. The lowest BCUT2D eigenvalue weighted by molar-refractivity contribution is -0.156. The number of nitrogens with zero attached hydrogens (tertiary/aromatic N) is 1. The molecule has 4 rings (SSSR count). The molecular formula is C26H34N2O5S. The Kier molecular flexibility index (Phi) is 7.55. The average molecular weight is 487 g/mol. The number of piperidine rings is 1. The SMILES string of the molecule is CC(C)(C)OC(=O)C[C@@H]1CCCN(c2c(/C=C3\SC(=O)NC3=O)cccc2OC2CCCC2)C1. The van der Waals surface area contributed by atoms with Crippen LogP contribution in [0.2, 0.25) is 0 Å². The molecule has 1 atom stereocenters. The quantitative estimate of drug-likeness (QED) is 0.432. The lowest BCUT2D eigenvalue weighted by Crippen LogP contribution is -2.38. The number of rotatable bonds is 6. The van der Waals surface area contributed by atoms with Gasteiger partial charge in [-0.05, 0) is 89.1 Å². The van der Waals surface area contributed by atoms with Gasteiger partial charge < -0.3 is 14.4 Å². The van der Waals surface area contributed by atoms with Crippen LogP contribution in [0, 0.1) is 5.92 Å². The van der Waals surface area contributed by atoms with Crippen molar-refractivity contribution in [3.63, 3.8) is 0 Å². The summed E-state index contributed by atoms with van der Waals surface area (Å²) < 4.78 is 12.0. The van der Waals surface area contributed by atoms with E-state index in [0.29, 0.717) is 17.9 Å². The van der Waals surface area contributed by atoms with Gasteiger partial charge in [-0.3, -0.25) is 19.7 Å². The van der Waals surface area contributed by atoms with Crippen LogP contribution >= 0.6 is 11.8 Å². The Morgan fingerprint density at radius 1 is 1.18 bits per heavy atom. The zero-order valence-corrected chi connectivity index (χ0v) is 21.0. The fraction of sp³-hybridized carbons (Fsp3) is 0.577. The summed E-state index contributed by atoms with van der Waals surface area (Å²) in [4.78, 5) is 39.0. The predicted octanol–water partition coefficient (Wildman–Crippen LogP) is 5.28. The molecule has 184 valence electrons. The highest BCUT2D eigenvalue weighted by molar-refractivity contribution is 8.18. The summed E-state index contributed by atoms with van der Waals surface area (Å²) in [6.45, 7) is 7.20. The monoisotopic (exact) mass is 486 g/mol. The van der Waals surface area contributed by atoms with E-state index in [1.165, 1.54) is 12.8 Å². The Labute approximate surface area is 205 Å². The topological polar surface area (TPSA) is 84.9 Å². The summed E-state index contributed by atoms with van der Waals surface area (Å²) >= 11 is 0.918. The van der Waals surface area contributed by atoms with Crippen LogP contribution in [0.3, 0.4) is 0 Å². The van der Waals surface area contributed by atoms with E-state index in [2.05, 4.69) is 10.2 Å². The van der Waals surface area contributed by atoms with Gasteiger partial charge in [-0.15, -0.1) is 0 Å². The summed E-state index contributed by atoms with van der Waals surface area (Å²) in [7, 11) is 0. The largest absolute Gasteiger partial charge is 0.488 e. The maximum Gasteiger partial charge on any atom is 0.306 e. The van der Waals surface area contributed by atoms with E-state index in [0.717, 1.165) is 61.0 Å². The van der Waals surface area contributed by atoms with Crippen molar-refractivity contribution in [2.75, 3.05) is 18.0 Å². The summed E-state index contributed by atoms with van der Waals surface area (Å²) in [5, 5.41) is 1.97. The number of imide groups is 1. The van der Waals surface area contributed by atoms with Crippen LogP contribution in [0.5, 0.6) is 5.75 Å². The molecule has 2 aliphatic heterocycles. The number of thioether (sulfide) groups is 1. The van der Waals surface area contributed by atoms with Crippen molar-refractivity contribution in [3.05, 3.63) is 28.7 Å². The number of carbonyl (C=O) groups is 3. The Hall–Kier alpha value is -2.48. The predicted molar refractivity (Wildman–Crippen MR) is 134 cm³/mol. The third-order valence-electron chi connectivity index (χ3n) is 6.27. The summed E-state index contributed by atoms with van der Waals surface area (Å²) in [6.07, 6.45) is 8.68. The van der Waals surface area contributed by atoms with Crippen LogP contribution in [0.15, 0.2) is 23.1 Å². The number of para-hydroxylation sites is 1.